The van der Waals surface area contributed by atoms with Gasteiger partial charge < -0.3 is 15.4 Å². The number of thiazole rings is 1. The molecule has 144 valence electrons. The molecule has 1 atom stereocenters. The number of hydrogen-bond donors (Lipinski definition) is 2. The van der Waals surface area contributed by atoms with E-state index in [1.54, 1.807) is 12.5 Å². The second-order valence-electron chi connectivity index (χ2n) is 5.90. The van der Waals surface area contributed by atoms with E-state index in [0.29, 0.717) is 23.1 Å². The van der Waals surface area contributed by atoms with Crippen molar-refractivity contribution >= 4 is 40.4 Å². The van der Waals surface area contributed by atoms with Gasteiger partial charge in [0.05, 0.1) is 25.1 Å². The molecule has 28 heavy (non-hydrogen) atoms. The number of dihydropyridines is 1. The normalized spacial score (nSPS) is 15.3. The highest BCUT2D eigenvalue weighted by Gasteiger charge is 2.18. The molecule has 3 amide bonds. The number of aliphatic imine (C=N–C) groups is 1. The van der Waals surface area contributed by atoms with Crippen LogP contribution in [0.15, 0.2) is 46.8 Å². The first kappa shape index (κ1) is 19.4. The van der Waals surface area contributed by atoms with Crippen LogP contribution in [0.5, 0.6) is 5.75 Å². The van der Waals surface area contributed by atoms with Crippen molar-refractivity contribution in [2.75, 3.05) is 12.4 Å². The molecule has 3 rings (SSSR count). The van der Waals surface area contributed by atoms with E-state index in [4.69, 9.17) is 4.74 Å². The highest BCUT2D eigenvalue weighted by Crippen LogP contribution is 2.18. The predicted octanol–water partition coefficient (Wildman–Crippen LogP) is 1.73. The molecule has 0 fully saturated rings. The summed E-state index contributed by atoms with van der Waals surface area (Å²) in [5.74, 6) is -0.818. The maximum Gasteiger partial charge on any atom is 0.269 e. The second kappa shape index (κ2) is 9.05. The van der Waals surface area contributed by atoms with E-state index in [-0.39, 0.29) is 24.1 Å². The third-order valence-electron chi connectivity index (χ3n) is 3.90. The van der Waals surface area contributed by atoms with Crippen LogP contribution in [0.25, 0.3) is 0 Å². The highest BCUT2D eigenvalue weighted by molar-refractivity contribution is 7.13. The molecule has 0 saturated carbocycles. The fourth-order valence-electron chi connectivity index (χ4n) is 2.49. The van der Waals surface area contributed by atoms with E-state index in [1.807, 2.05) is 24.3 Å². The average Bonchev–Trinajstić information content (AvgIpc) is 3.13. The van der Waals surface area contributed by atoms with Gasteiger partial charge in [0.15, 0.2) is 5.13 Å². The third-order valence-corrected chi connectivity index (χ3v) is 4.71. The summed E-state index contributed by atoms with van der Waals surface area (Å²) in [7, 11) is 1.58. The minimum Gasteiger partial charge on any atom is -0.496 e. The first-order chi connectivity index (χ1) is 13.5. The summed E-state index contributed by atoms with van der Waals surface area (Å²) in [6, 6.07) is 7.45. The number of nitrogens with zero attached hydrogens (tertiary/aromatic N) is 2. The second-order valence-corrected chi connectivity index (χ2v) is 6.76. The molecule has 0 bridgehead atoms. The van der Waals surface area contributed by atoms with E-state index in [0.717, 1.165) is 5.56 Å². The van der Waals surface area contributed by atoms with Crippen LogP contribution in [0.1, 0.15) is 11.3 Å². The number of methoxy groups -OCH3 is 1. The Kier molecular flexibility index (Phi) is 6.28. The number of carbonyl (C=O) groups is 3. The summed E-state index contributed by atoms with van der Waals surface area (Å²) in [6.07, 6.45) is 4.12. The number of anilines is 1. The fraction of sp³-hybridized carbons (Fsp3) is 0.211. The van der Waals surface area contributed by atoms with Gasteiger partial charge in [-0.1, -0.05) is 24.3 Å². The smallest absolute Gasteiger partial charge is 0.269 e. The zero-order valence-corrected chi connectivity index (χ0v) is 15.9. The van der Waals surface area contributed by atoms with Gasteiger partial charge in [-0.2, -0.15) is 0 Å². The number of carbonyl (C=O) groups excluding carboxylic acids is 3. The molecule has 8 nitrogen and oxygen atoms in total. The van der Waals surface area contributed by atoms with Gasteiger partial charge >= 0.3 is 0 Å². The van der Waals surface area contributed by atoms with E-state index < -0.39 is 5.92 Å². The van der Waals surface area contributed by atoms with Crippen LogP contribution in [0, 0.1) is 5.92 Å². The summed E-state index contributed by atoms with van der Waals surface area (Å²) in [5, 5.41) is 7.59. The van der Waals surface area contributed by atoms with Gasteiger partial charge in [0.25, 0.3) is 5.91 Å². The van der Waals surface area contributed by atoms with Gasteiger partial charge in [0, 0.05) is 29.8 Å². The maximum absolute atomic E-state index is 12.2. The topological polar surface area (TPSA) is 110 Å². The Morgan fingerprint density at radius 1 is 1.29 bits per heavy atom. The van der Waals surface area contributed by atoms with Crippen molar-refractivity contribution in [3.63, 3.8) is 0 Å². The standard InChI is InChI=1S/C19H18N4O4S/c1-27-15-5-3-2-4-12(15)9-21-17(25)8-14-11-28-19(22-14)23-18(26)13-6-7-16(24)20-10-13/h2-7,10-11,13H,8-9H2,1H3,(H,21,25)(H,22,23,26). The molecule has 0 saturated heterocycles. The van der Waals surface area contributed by atoms with Crippen LogP contribution in [-0.2, 0) is 27.3 Å². The largest absolute Gasteiger partial charge is 0.496 e. The van der Waals surface area contributed by atoms with Crippen molar-refractivity contribution in [3.05, 3.63) is 53.1 Å². The third kappa shape index (κ3) is 5.10. The summed E-state index contributed by atoms with van der Waals surface area (Å²) in [5.41, 5.74) is 1.44. The van der Waals surface area contributed by atoms with Gasteiger partial charge in [-0.15, -0.1) is 11.3 Å². The van der Waals surface area contributed by atoms with E-state index in [2.05, 4.69) is 20.6 Å². The Balaban J connectivity index is 1.50. The molecular weight excluding hydrogens is 380 g/mol. The lowest BCUT2D eigenvalue weighted by molar-refractivity contribution is -0.120. The number of hydrogen-bond acceptors (Lipinski definition) is 6. The lowest BCUT2D eigenvalue weighted by atomic mass is 10.1. The molecular formula is C19H18N4O4S. The van der Waals surface area contributed by atoms with Crippen molar-refractivity contribution in [2.45, 2.75) is 13.0 Å². The molecule has 0 radical (unpaired) electrons. The highest BCUT2D eigenvalue weighted by atomic mass is 32.1. The lowest BCUT2D eigenvalue weighted by Crippen LogP contribution is -2.25. The van der Waals surface area contributed by atoms with Crippen LogP contribution < -0.4 is 15.4 Å². The van der Waals surface area contributed by atoms with Gasteiger partial charge in [-0.05, 0) is 6.07 Å². The van der Waals surface area contributed by atoms with E-state index in [9.17, 15) is 14.4 Å². The molecule has 9 heteroatoms. The summed E-state index contributed by atoms with van der Waals surface area (Å²) >= 11 is 1.23. The van der Waals surface area contributed by atoms with Crippen LogP contribution in [0.3, 0.4) is 0 Å². The summed E-state index contributed by atoms with van der Waals surface area (Å²) in [4.78, 5) is 43.1. The summed E-state index contributed by atoms with van der Waals surface area (Å²) in [6.45, 7) is 0.350. The van der Waals surface area contributed by atoms with E-state index in [1.165, 1.54) is 29.7 Å². The molecule has 1 aliphatic heterocycles. The monoisotopic (exact) mass is 398 g/mol. The molecule has 0 aliphatic carbocycles. The zero-order valence-electron chi connectivity index (χ0n) is 15.0. The molecule has 0 spiro atoms. The minimum absolute atomic E-state index is 0.0980. The first-order valence-electron chi connectivity index (χ1n) is 8.45. The minimum atomic E-state index is -0.616. The molecule has 2 N–H and O–H groups in total. The van der Waals surface area contributed by atoms with Crippen molar-refractivity contribution in [1.82, 2.24) is 10.3 Å². The first-order valence-corrected chi connectivity index (χ1v) is 9.33. The Labute approximate surface area is 165 Å². The SMILES string of the molecule is COc1ccccc1CNC(=O)Cc1csc(NC(=O)C2C=CC(=O)N=C2)n1. The van der Waals surface area contributed by atoms with Gasteiger partial charge in [0.2, 0.25) is 11.8 Å². The van der Waals surface area contributed by atoms with Crippen molar-refractivity contribution in [3.8, 4) is 5.75 Å². The number of benzene rings is 1. The van der Waals surface area contributed by atoms with Crippen LogP contribution in [-0.4, -0.2) is 36.0 Å². The molecule has 1 aliphatic rings. The van der Waals surface area contributed by atoms with Crippen molar-refractivity contribution in [2.24, 2.45) is 10.9 Å². The van der Waals surface area contributed by atoms with Crippen molar-refractivity contribution < 1.29 is 19.1 Å². The lowest BCUT2D eigenvalue weighted by Gasteiger charge is -2.09. The molecule has 1 aromatic heterocycles. The van der Waals surface area contributed by atoms with Gasteiger partial charge in [-0.3, -0.25) is 14.4 Å². The molecule has 2 aromatic rings. The van der Waals surface area contributed by atoms with E-state index >= 15 is 0 Å². The number of nitrogens with one attached hydrogen (secondary N) is 2. The zero-order chi connectivity index (χ0) is 19.9. The Bertz CT molecular complexity index is 935. The number of ether oxygens (including phenoxy) is 1. The quantitative estimate of drug-likeness (QED) is 0.738. The Morgan fingerprint density at radius 3 is 2.86 bits per heavy atom. The van der Waals surface area contributed by atoms with Crippen LogP contribution in [0.2, 0.25) is 0 Å². The number of amides is 3. The Morgan fingerprint density at radius 2 is 2.11 bits per heavy atom. The summed E-state index contributed by atoms with van der Waals surface area (Å²) < 4.78 is 5.26. The Hall–Kier alpha value is -3.33. The van der Waals surface area contributed by atoms with Crippen molar-refractivity contribution in [1.29, 1.82) is 0 Å². The number of aromatic nitrogens is 1. The molecule has 1 unspecified atom stereocenters. The fourth-order valence-corrected chi connectivity index (χ4v) is 3.20. The number of rotatable bonds is 7. The van der Waals surface area contributed by atoms with Gasteiger partial charge in [0.1, 0.15) is 5.75 Å². The van der Waals surface area contributed by atoms with Crippen LogP contribution in [0.4, 0.5) is 5.13 Å². The maximum atomic E-state index is 12.2. The van der Waals surface area contributed by atoms with Crippen LogP contribution >= 0.6 is 11.3 Å². The number of para-hydroxylation sites is 1. The molecule has 2 heterocycles. The molecule has 1 aromatic carbocycles. The predicted molar refractivity (Wildman–Crippen MR) is 105 cm³/mol. The average molecular weight is 398 g/mol. The van der Waals surface area contributed by atoms with Gasteiger partial charge in [-0.25, -0.2) is 9.98 Å².